The molecule has 4 aromatic rings. The summed E-state index contributed by atoms with van der Waals surface area (Å²) in [7, 11) is -4.85. The van der Waals surface area contributed by atoms with Crippen LogP contribution < -0.4 is 20.5 Å². The highest BCUT2D eigenvalue weighted by atomic mass is 31.2. The summed E-state index contributed by atoms with van der Waals surface area (Å²) in [6, 6.07) is 17.0. The molecule has 244 valence electrons. The van der Waals surface area contributed by atoms with Gasteiger partial charge in [-0.2, -0.15) is 4.57 Å². The predicted molar refractivity (Wildman–Crippen MR) is 159 cm³/mol. The van der Waals surface area contributed by atoms with Crippen molar-refractivity contribution in [1.29, 1.82) is 0 Å². The number of aliphatic hydroxyl groups excluding tert-OH is 2. The maximum Gasteiger partial charge on any atom is 0.292 e. The molecule has 5 atom stereocenters. The number of carbonyl (C=O) groups excluding carboxylic acids is 2. The first-order chi connectivity index (χ1) is 22.1. The quantitative estimate of drug-likeness (QED) is 0.0792. The number of nitrogens with one attached hydrogen (secondary N) is 1. The Balaban J connectivity index is 1.00. The maximum absolute atomic E-state index is 12.4. The lowest BCUT2D eigenvalue weighted by Crippen LogP contribution is -2.46. The Hall–Kier alpha value is -4.08. The molecule has 0 aliphatic carbocycles. The van der Waals surface area contributed by atoms with E-state index in [-0.39, 0.29) is 17.2 Å². The molecule has 2 aromatic heterocycles. The summed E-state index contributed by atoms with van der Waals surface area (Å²) in [5, 5.41) is 33.8. The summed E-state index contributed by atoms with van der Waals surface area (Å²) in [6.45, 7) is -0.154. The number of nitrogens with two attached hydrogens (primary N) is 1. The van der Waals surface area contributed by atoms with E-state index in [0.717, 1.165) is 16.3 Å². The number of aryl methyl sites for hydroxylation is 1. The number of phosphoric acid groups is 1. The summed E-state index contributed by atoms with van der Waals surface area (Å²) < 4.78 is 30.6. The number of fused-ring (bicyclic) bond motifs is 1. The summed E-state index contributed by atoms with van der Waals surface area (Å²) in [6.07, 6.45) is 0.740. The molecule has 16 heteroatoms. The normalized spacial score (nSPS) is 20.8. The average Bonchev–Trinajstić information content (AvgIpc) is 3.63. The number of ether oxygens (including phenoxy) is 1. The molecule has 0 spiro atoms. The highest BCUT2D eigenvalue weighted by Crippen LogP contribution is 2.40. The molecule has 5 N–H and O–H groups in total. The number of rotatable bonds is 15. The van der Waals surface area contributed by atoms with Crippen molar-refractivity contribution in [3.63, 3.8) is 0 Å². The standard InChI is InChI=1S/C30H35N6O9P/c31-29(40)22-10-6-13-35(16-22)30-28(39)27(38)25(45-30)19-44-46(41,42)43-18-23-17-36(34-33-23)14-4-3-12-26(37)32-15-21-9-5-8-20-7-1-2-11-24(20)21/h1-2,5-11,13,16-17,25,27-28,30,38-39H,3-4,12,14-15,18-19H2,(H3-,31,32,37,40,41,42)/t25-,27-,28-,30-/m1/s1. The third-order valence-electron chi connectivity index (χ3n) is 7.49. The van der Waals surface area contributed by atoms with E-state index >= 15 is 0 Å². The molecule has 3 heterocycles. The number of pyridine rings is 1. The van der Waals surface area contributed by atoms with Crippen LogP contribution >= 0.6 is 7.82 Å². The highest BCUT2D eigenvalue weighted by Gasteiger charge is 2.48. The molecular formula is C30H35N6O9P. The number of hydrogen-bond acceptors (Lipinski definition) is 11. The van der Waals surface area contributed by atoms with Gasteiger partial charge in [0.2, 0.25) is 5.91 Å². The lowest BCUT2D eigenvalue weighted by molar-refractivity contribution is -0.765. The van der Waals surface area contributed by atoms with Crippen LogP contribution in [-0.2, 0) is 42.8 Å². The van der Waals surface area contributed by atoms with Crippen LogP contribution in [0.3, 0.4) is 0 Å². The van der Waals surface area contributed by atoms with Gasteiger partial charge in [0, 0.05) is 25.6 Å². The molecule has 15 nitrogen and oxygen atoms in total. The number of carbonyl (C=O) groups is 2. The van der Waals surface area contributed by atoms with Gasteiger partial charge in [-0.05, 0) is 35.2 Å². The molecule has 5 rings (SSSR count). The van der Waals surface area contributed by atoms with E-state index in [0.29, 0.717) is 32.4 Å². The Morgan fingerprint density at radius 3 is 2.72 bits per heavy atom. The fourth-order valence-electron chi connectivity index (χ4n) is 5.06. The van der Waals surface area contributed by atoms with E-state index in [9.17, 15) is 29.3 Å². The number of aromatic nitrogens is 4. The van der Waals surface area contributed by atoms with Crippen molar-refractivity contribution < 1.29 is 47.6 Å². The molecule has 2 aromatic carbocycles. The van der Waals surface area contributed by atoms with Crippen molar-refractivity contribution in [2.45, 2.75) is 63.5 Å². The number of unbranched alkanes of at least 4 members (excludes halogenated alkanes) is 1. The van der Waals surface area contributed by atoms with Crippen molar-refractivity contribution in [2.75, 3.05) is 6.61 Å². The van der Waals surface area contributed by atoms with Crippen LogP contribution in [0.15, 0.2) is 73.2 Å². The Morgan fingerprint density at radius 2 is 1.89 bits per heavy atom. The van der Waals surface area contributed by atoms with Crippen LogP contribution in [0.1, 0.15) is 47.1 Å². The van der Waals surface area contributed by atoms with Crippen molar-refractivity contribution in [3.05, 3.63) is 90.0 Å². The molecule has 0 bridgehead atoms. The van der Waals surface area contributed by atoms with Crippen LogP contribution in [0, 0.1) is 0 Å². The first-order valence-electron chi connectivity index (χ1n) is 14.6. The fraction of sp³-hybridized carbons (Fsp3) is 0.367. The molecule has 1 unspecified atom stereocenters. The predicted octanol–water partition coefficient (Wildman–Crippen LogP) is 0.625. The molecule has 0 radical (unpaired) electrons. The van der Waals surface area contributed by atoms with Crippen LogP contribution in [0.5, 0.6) is 0 Å². The average molecular weight is 655 g/mol. The van der Waals surface area contributed by atoms with Crippen molar-refractivity contribution >= 4 is 30.4 Å². The lowest BCUT2D eigenvalue weighted by Gasteiger charge is -2.24. The van der Waals surface area contributed by atoms with Crippen LogP contribution in [0.2, 0.25) is 0 Å². The molecule has 1 aliphatic rings. The number of aliphatic hydroxyl groups is 2. The molecule has 1 aliphatic heterocycles. The SMILES string of the molecule is NC(=O)c1ccc[n+]([C@@H]2O[C@H](COP(=O)([O-])OCc3cn(CCCCC(=O)NCc4cccc5ccccc45)nn3)[C@@H](O)[C@H]2O)c1. The Morgan fingerprint density at radius 1 is 1.09 bits per heavy atom. The first kappa shape index (κ1) is 33.3. The van der Waals surface area contributed by atoms with E-state index < -0.39 is 51.5 Å². The smallest absolute Gasteiger partial charge is 0.292 e. The van der Waals surface area contributed by atoms with Crippen molar-refractivity contribution in [3.8, 4) is 0 Å². The van der Waals surface area contributed by atoms with E-state index in [1.165, 1.54) is 40.0 Å². The molecule has 1 saturated heterocycles. The van der Waals surface area contributed by atoms with Crippen molar-refractivity contribution in [2.24, 2.45) is 5.73 Å². The van der Waals surface area contributed by atoms with Gasteiger partial charge < -0.3 is 39.9 Å². The third kappa shape index (κ3) is 8.59. The first-order valence-corrected chi connectivity index (χ1v) is 16.1. The number of primary amides is 1. The number of hydrogen-bond donors (Lipinski definition) is 4. The zero-order chi connectivity index (χ0) is 32.7. The number of amides is 2. The van der Waals surface area contributed by atoms with E-state index in [4.69, 9.17) is 19.5 Å². The second kappa shape index (κ2) is 15.0. The van der Waals surface area contributed by atoms with Gasteiger partial charge in [0.15, 0.2) is 18.5 Å². The number of nitrogens with zero attached hydrogens (tertiary/aromatic N) is 4. The van der Waals surface area contributed by atoms with Crippen LogP contribution in [0.25, 0.3) is 10.8 Å². The van der Waals surface area contributed by atoms with Gasteiger partial charge in [-0.25, -0.2) is 0 Å². The minimum Gasteiger partial charge on any atom is -0.756 e. The minimum absolute atomic E-state index is 0.0524. The summed E-state index contributed by atoms with van der Waals surface area (Å²) in [5.41, 5.74) is 6.73. The number of benzene rings is 2. The summed E-state index contributed by atoms with van der Waals surface area (Å²) in [4.78, 5) is 36.2. The lowest BCUT2D eigenvalue weighted by atomic mass is 10.0. The zero-order valence-corrected chi connectivity index (χ0v) is 25.6. The topological polar surface area (TPSA) is 215 Å². The van der Waals surface area contributed by atoms with E-state index in [2.05, 4.69) is 15.6 Å². The minimum atomic E-state index is -4.85. The van der Waals surface area contributed by atoms with Gasteiger partial charge in [0.25, 0.3) is 20.0 Å². The monoisotopic (exact) mass is 654 g/mol. The highest BCUT2D eigenvalue weighted by molar-refractivity contribution is 7.45. The van der Waals surface area contributed by atoms with Crippen molar-refractivity contribution in [1.82, 2.24) is 20.3 Å². The molecule has 0 saturated carbocycles. The molecular weight excluding hydrogens is 619 g/mol. The van der Waals surface area contributed by atoms with Gasteiger partial charge >= 0.3 is 0 Å². The summed E-state index contributed by atoms with van der Waals surface area (Å²) in [5.74, 6) is -0.747. The Kier molecular flexibility index (Phi) is 10.9. The second-order valence-electron chi connectivity index (χ2n) is 10.8. The van der Waals surface area contributed by atoms with Gasteiger partial charge in [-0.1, -0.05) is 47.7 Å². The molecule has 46 heavy (non-hydrogen) atoms. The zero-order valence-electron chi connectivity index (χ0n) is 24.8. The van der Waals surface area contributed by atoms with Gasteiger partial charge in [-0.15, -0.1) is 5.10 Å². The summed E-state index contributed by atoms with van der Waals surface area (Å²) >= 11 is 0. The fourth-order valence-corrected chi connectivity index (χ4v) is 5.75. The maximum atomic E-state index is 12.4. The van der Waals surface area contributed by atoms with E-state index in [1.54, 1.807) is 0 Å². The largest absolute Gasteiger partial charge is 0.756 e. The molecule has 1 fully saturated rings. The second-order valence-corrected chi connectivity index (χ2v) is 12.2. The van der Waals surface area contributed by atoms with Gasteiger partial charge in [0.1, 0.15) is 30.1 Å². The molecule has 2 amide bonds. The Bertz CT molecular complexity index is 1710. The van der Waals surface area contributed by atoms with E-state index in [1.807, 2.05) is 42.5 Å². The Labute approximate surface area is 264 Å². The van der Waals surface area contributed by atoms with Crippen LogP contribution in [0.4, 0.5) is 0 Å². The van der Waals surface area contributed by atoms with Crippen LogP contribution in [-0.4, -0.2) is 61.9 Å². The third-order valence-corrected chi connectivity index (χ3v) is 8.40. The van der Waals surface area contributed by atoms with Gasteiger partial charge in [0.05, 0.1) is 12.8 Å². The van der Waals surface area contributed by atoms with Gasteiger partial charge in [-0.3, -0.25) is 18.8 Å². The number of phosphoric ester groups is 1.